The molecule has 0 heterocycles. The highest BCUT2D eigenvalue weighted by Gasteiger charge is 2.19. The van der Waals surface area contributed by atoms with Crippen molar-refractivity contribution in [3.05, 3.63) is 35.9 Å². The van der Waals surface area contributed by atoms with Gasteiger partial charge in [-0.3, -0.25) is 4.79 Å². The molecule has 0 saturated heterocycles. The van der Waals surface area contributed by atoms with Crippen LogP contribution in [0.25, 0.3) is 0 Å². The van der Waals surface area contributed by atoms with E-state index in [9.17, 15) is 9.59 Å². The lowest BCUT2D eigenvalue weighted by molar-refractivity contribution is -0.139. The molecule has 0 spiro atoms. The average molecular weight is 235 g/mol. The lowest BCUT2D eigenvalue weighted by Gasteiger charge is -2.13. The van der Waals surface area contributed by atoms with Crippen molar-refractivity contribution in [1.29, 1.82) is 0 Å². The van der Waals surface area contributed by atoms with E-state index in [0.29, 0.717) is 12.0 Å². The molecule has 4 heteroatoms. The van der Waals surface area contributed by atoms with Crippen LogP contribution in [0.5, 0.6) is 0 Å². The van der Waals surface area contributed by atoms with Crippen LogP contribution in [0.4, 0.5) is 0 Å². The molecule has 0 fully saturated rings. The van der Waals surface area contributed by atoms with Gasteiger partial charge in [0.15, 0.2) is 0 Å². The normalized spacial score (nSPS) is 11.8. The lowest BCUT2D eigenvalue weighted by Crippen LogP contribution is -2.40. The SMILES string of the molecule is CCCC[C@@H](NC(=O)c1ccccc1)C(=O)O. The molecule has 0 aromatic heterocycles. The van der Waals surface area contributed by atoms with E-state index in [1.54, 1.807) is 24.3 Å². The number of carboxylic acid groups (broad SMARTS) is 1. The van der Waals surface area contributed by atoms with Gasteiger partial charge in [-0.05, 0) is 18.6 Å². The van der Waals surface area contributed by atoms with Crippen molar-refractivity contribution >= 4 is 11.9 Å². The predicted molar refractivity (Wildman–Crippen MR) is 64.9 cm³/mol. The van der Waals surface area contributed by atoms with Crippen molar-refractivity contribution in [3.8, 4) is 0 Å². The molecule has 0 saturated carbocycles. The first kappa shape index (κ1) is 13.2. The van der Waals surface area contributed by atoms with E-state index in [1.165, 1.54) is 0 Å². The van der Waals surface area contributed by atoms with Gasteiger partial charge in [0.1, 0.15) is 6.04 Å². The minimum Gasteiger partial charge on any atom is -0.480 e. The second-order valence-corrected chi connectivity index (χ2v) is 3.87. The van der Waals surface area contributed by atoms with Crippen LogP contribution in [-0.2, 0) is 4.79 Å². The van der Waals surface area contributed by atoms with Gasteiger partial charge < -0.3 is 10.4 Å². The molecule has 1 atom stereocenters. The van der Waals surface area contributed by atoms with Crippen molar-refractivity contribution in [2.45, 2.75) is 32.2 Å². The maximum atomic E-state index is 11.7. The van der Waals surface area contributed by atoms with Gasteiger partial charge in [-0.1, -0.05) is 38.0 Å². The summed E-state index contributed by atoms with van der Waals surface area (Å²) in [5.41, 5.74) is 0.482. The van der Waals surface area contributed by atoms with Crippen molar-refractivity contribution < 1.29 is 14.7 Å². The van der Waals surface area contributed by atoms with Crippen LogP contribution in [-0.4, -0.2) is 23.0 Å². The molecule has 1 aromatic carbocycles. The van der Waals surface area contributed by atoms with Crippen LogP contribution >= 0.6 is 0 Å². The number of carboxylic acids is 1. The molecule has 4 nitrogen and oxygen atoms in total. The first-order valence-electron chi connectivity index (χ1n) is 5.74. The Bertz CT molecular complexity index is 376. The second-order valence-electron chi connectivity index (χ2n) is 3.87. The van der Waals surface area contributed by atoms with E-state index >= 15 is 0 Å². The summed E-state index contributed by atoms with van der Waals surface area (Å²) >= 11 is 0. The van der Waals surface area contributed by atoms with Crippen LogP contribution < -0.4 is 5.32 Å². The van der Waals surface area contributed by atoms with Crippen molar-refractivity contribution in [1.82, 2.24) is 5.32 Å². The molecule has 92 valence electrons. The van der Waals surface area contributed by atoms with Crippen LogP contribution in [0.2, 0.25) is 0 Å². The van der Waals surface area contributed by atoms with Gasteiger partial charge in [0.2, 0.25) is 0 Å². The Labute approximate surface area is 101 Å². The van der Waals surface area contributed by atoms with Gasteiger partial charge in [0.05, 0.1) is 0 Å². The van der Waals surface area contributed by atoms with Crippen molar-refractivity contribution in [3.63, 3.8) is 0 Å². The molecule has 0 aliphatic carbocycles. The summed E-state index contributed by atoms with van der Waals surface area (Å²) in [6, 6.07) is 7.82. The minimum atomic E-state index is -0.984. The van der Waals surface area contributed by atoms with Crippen LogP contribution in [0.1, 0.15) is 36.5 Å². The van der Waals surface area contributed by atoms with Gasteiger partial charge in [0, 0.05) is 5.56 Å². The van der Waals surface area contributed by atoms with E-state index < -0.39 is 12.0 Å². The fraction of sp³-hybridized carbons (Fsp3) is 0.385. The van der Waals surface area contributed by atoms with Gasteiger partial charge in [0.25, 0.3) is 5.91 Å². The fourth-order valence-electron chi connectivity index (χ4n) is 1.50. The van der Waals surface area contributed by atoms with Gasteiger partial charge in [-0.2, -0.15) is 0 Å². The summed E-state index contributed by atoms with van der Waals surface area (Å²) in [6.45, 7) is 1.98. The third-order valence-corrected chi connectivity index (χ3v) is 2.49. The number of carbonyl (C=O) groups is 2. The zero-order chi connectivity index (χ0) is 12.7. The molecule has 0 bridgehead atoms. The minimum absolute atomic E-state index is 0.339. The summed E-state index contributed by atoms with van der Waals surface area (Å²) in [5.74, 6) is -1.32. The number of unbranched alkanes of at least 4 members (excludes halogenated alkanes) is 1. The molecular weight excluding hydrogens is 218 g/mol. The average Bonchev–Trinajstić information content (AvgIpc) is 2.35. The van der Waals surface area contributed by atoms with Crippen molar-refractivity contribution in [2.75, 3.05) is 0 Å². The quantitative estimate of drug-likeness (QED) is 0.793. The van der Waals surface area contributed by atoms with E-state index in [-0.39, 0.29) is 5.91 Å². The summed E-state index contributed by atoms with van der Waals surface area (Å²) in [5, 5.41) is 11.5. The third kappa shape index (κ3) is 4.26. The first-order valence-corrected chi connectivity index (χ1v) is 5.74. The standard InChI is InChI=1S/C13H17NO3/c1-2-3-9-11(13(16)17)14-12(15)10-7-5-4-6-8-10/h4-8,11H,2-3,9H2,1H3,(H,14,15)(H,16,17)/t11-/m1/s1. The Morgan fingerprint density at radius 1 is 1.29 bits per heavy atom. The number of nitrogens with one attached hydrogen (secondary N) is 1. The van der Waals surface area contributed by atoms with Crippen LogP contribution in [0, 0.1) is 0 Å². The first-order chi connectivity index (χ1) is 8.15. The van der Waals surface area contributed by atoms with E-state index in [1.807, 2.05) is 13.0 Å². The predicted octanol–water partition coefficient (Wildman–Crippen LogP) is 2.06. The number of carbonyl (C=O) groups excluding carboxylic acids is 1. The van der Waals surface area contributed by atoms with E-state index in [2.05, 4.69) is 5.32 Å². The highest BCUT2D eigenvalue weighted by atomic mass is 16.4. The molecule has 1 amide bonds. The second kappa shape index (κ2) is 6.68. The topological polar surface area (TPSA) is 66.4 Å². The molecule has 1 aromatic rings. The number of benzene rings is 1. The summed E-state index contributed by atoms with van der Waals surface area (Å²) in [7, 11) is 0. The molecule has 1 rings (SSSR count). The smallest absolute Gasteiger partial charge is 0.326 e. The zero-order valence-electron chi connectivity index (χ0n) is 9.85. The molecule has 2 N–H and O–H groups in total. The number of hydrogen-bond donors (Lipinski definition) is 2. The molecule has 0 aliphatic heterocycles. The highest BCUT2D eigenvalue weighted by molar-refractivity contribution is 5.96. The van der Waals surface area contributed by atoms with E-state index in [4.69, 9.17) is 5.11 Å². The summed E-state index contributed by atoms with van der Waals surface area (Å²) in [6.07, 6.45) is 2.15. The number of amides is 1. The zero-order valence-corrected chi connectivity index (χ0v) is 9.85. The number of rotatable bonds is 6. The summed E-state index contributed by atoms with van der Waals surface area (Å²) in [4.78, 5) is 22.7. The molecule has 0 radical (unpaired) electrons. The maximum absolute atomic E-state index is 11.7. The van der Waals surface area contributed by atoms with E-state index in [0.717, 1.165) is 12.8 Å². The Morgan fingerprint density at radius 3 is 2.47 bits per heavy atom. The molecule has 0 aliphatic rings. The van der Waals surface area contributed by atoms with Gasteiger partial charge in [-0.15, -0.1) is 0 Å². The maximum Gasteiger partial charge on any atom is 0.326 e. The monoisotopic (exact) mass is 235 g/mol. The number of aliphatic carboxylic acids is 1. The molecule has 0 unspecified atom stereocenters. The van der Waals surface area contributed by atoms with Gasteiger partial charge in [-0.25, -0.2) is 4.79 Å². The molecular formula is C13H17NO3. The number of hydrogen-bond acceptors (Lipinski definition) is 2. The summed E-state index contributed by atoms with van der Waals surface area (Å²) < 4.78 is 0. The van der Waals surface area contributed by atoms with Gasteiger partial charge >= 0.3 is 5.97 Å². The Hall–Kier alpha value is -1.84. The largest absolute Gasteiger partial charge is 0.480 e. The fourth-order valence-corrected chi connectivity index (χ4v) is 1.50. The third-order valence-electron chi connectivity index (χ3n) is 2.49. The molecule has 17 heavy (non-hydrogen) atoms. The Kier molecular flexibility index (Phi) is 5.20. The Morgan fingerprint density at radius 2 is 1.94 bits per heavy atom. The van der Waals surface area contributed by atoms with Crippen LogP contribution in [0.15, 0.2) is 30.3 Å². The van der Waals surface area contributed by atoms with Crippen LogP contribution in [0.3, 0.4) is 0 Å². The highest BCUT2D eigenvalue weighted by Crippen LogP contribution is 2.04. The van der Waals surface area contributed by atoms with Crippen molar-refractivity contribution in [2.24, 2.45) is 0 Å². The lowest BCUT2D eigenvalue weighted by atomic mass is 10.1. The Balaban J connectivity index is 2.61.